The van der Waals surface area contributed by atoms with Gasteiger partial charge in [0.2, 0.25) is 0 Å². The van der Waals surface area contributed by atoms with Gasteiger partial charge >= 0.3 is 0 Å². The first kappa shape index (κ1) is 16.1. The standard InChI is InChI=1S/C18H20N4O3/c23-17(16-4-6-19-13-21-16)22-7-14-8-24-11-18(14,10-22)12-25-9-15-3-1-2-5-20-15/h1-6,13-14H,7-12H2/t14-,18+/m1/s1. The predicted octanol–water partition coefficient (Wildman–Crippen LogP) is 1.18. The van der Waals surface area contributed by atoms with Crippen LogP contribution in [-0.4, -0.2) is 58.7 Å². The van der Waals surface area contributed by atoms with Crippen molar-refractivity contribution < 1.29 is 14.3 Å². The van der Waals surface area contributed by atoms with Gasteiger partial charge in [-0.3, -0.25) is 9.78 Å². The molecule has 2 saturated heterocycles. The van der Waals surface area contributed by atoms with Crippen molar-refractivity contribution in [3.8, 4) is 0 Å². The van der Waals surface area contributed by atoms with Gasteiger partial charge < -0.3 is 14.4 Å². The van der Waals surface area contributed by atoms with E-state index in [2.05, 4.69) is 15.0 Å². The molecule has 0 unspecified atom stereocenters. The van der Waals surface area contributed by atoms with Gasteiger partial charge in [-0.1, -0.05) is 6.07 Å². The van der Waals surface area contributed by atoms with Gasteiger partial charge in [-0.05, 0) is 18.2 Å². The van der Waals surface area contributed by atoms with Crippen LogP contribution in [0.3, 0.4) is 0 Å². The lowest BCUT2D eigenvalue weighted by atomic mass is 9.82. The molecule has 0 spiro atoms. The van der Waals surface area contributed by atoms with E-state index >= 15 is 0 Å². The topological polar surface area (TPSA) is 77.4 Å². The van der Waals surface area contributed by atoms with E-state index in [0.29, 0.717) is 51.1 Å². The number of hydrogen-bond acceptors (Lipinski definition) is 6. The second-order valence-corrected chi connectivity index (χ2v) is 6.67. The van der Waals surface area contributed by atoms with Crippen LogP contribution in [0.25, 0.3) is 0 Å². The van der Waals surface area contributed by atoms with Gasteiger partial charge in [-0.2, -0.15) is 0 Å². The van der Waals surface area contributed by atoms with Gasteiger partial charge in [-0.25, -0.2) is 9.97 Å². The minimum atomic E-state index is -0.141. The molecule has 1 amide bonds. The Kier molecular flexibility index (Phi) is 4.42. The molecule has 0 bridgehead atoms. The van der Waals surface area contributed by atoms with Gasteiger partial charge in [0, 0.05) is 36.8 Å². The molecule has 4 rings (SSSR count). The molecule has 2 aliphatic rings. The number of carbonyl (C=O) groups excluding carboxylic acids is 1. The summed E-state index contributed by atoms with van der Waals surface area (Å²) < 4.78 is 11.6. The Labute approximate surface area is 146 Å². The van der Waals surface area contributed by atoms with Gasteiger partial charge in [0.15, 0.2) is 0 Å². The summed E-state index contributed by atoms with van der Waals surface area (Å²) in [5.41, 5.74) is 1.19. The average molecular weight is 340 g/mol. The number of ether oxygens (including phenoxy) is 2. The number of aromatic nitrogens is 3. The summed E-state index contributed by atoms with van der Waals surface area (Å²) in [6, 6.07) is 7.43. The van der Waals surface area contributed by atoms with Crippen LogP contribution in [0.2, 0.25) is 0 Å². The third kappa shape index (κ3) is 3.25. The molecule has 2 aliphatic heterocycles. The molecule has 25 heavy (non-hydrogen) atoms. The van der Waals surface area contributed by atoms with E-state index in [-0.39, 0.29) is 11.3 Å². The third-order valence-corrected chi connectivity index (χ3v) is 4.98. The summed E-state index contributed by atoms with van der Waals surface area (Å²) >= 11 is 0. The first-order valence-corrected chi connectivity index (χ1v) is 8.37. The molecule has 0 aliphatic carbocycles. The highest BCUT2D eigenvalue weighted by molar-refractivity contribution is 5.92. The van der Waals surface area contributed by atoms with Crippen LogP contribution >= 0.6 is 0 Å². The predicted molar refractivity (Wildman–Crippen MR) is 88.6 cm³/mol. The lowest BCUT2D eigenvalue weighted by Gasteiger charge is -2.26. The number of nitrogens with zero attached hydrogens (tertiary/aromatic N) is 4. The molecule has 0 radical (unpaired) electrons. The Morgan fingerprint density at radius 1 is 1.32 bits per heavy atom. The number of carbonyl (C=O) groups is 1. The van der Waals surface area contributed by atoms with E-state index in [1.54, 1.807) is 18.5 Å². The van der Waals surface area contributed by atoms with Crippen molar-refractivity contribution in [2.45, 2.75) is 6.61 Å². The van der Waals surface area contributed by atoms with Crippen molar-refractivity contribution in [3.63, 3.8) is 0 Å². The molecule has 2 fully saturated rings. The summed E-state index contributed by atoms with van der Waals surface area (Å²) in [6.07, 6.45) is 4.75. The summed E-state index contributed by atoms with van der Waals surface area (Å²) in [5.74, 6) is 0.239. The Morgan fingerprint density at radius 2 is 2.28 bits per heavy atom. The number of fused-ring (bicyclic) bond motifs is 1. The Bertz CT molecular complexity index is 728. The lowest BCUT2D eigenvalue weighted by Crippen LogP contribution is -2.37. The minimum Gasteiger partial charge on any atom is -0.380 e. The monoisotopic (exact) mass is 340 g/mol. The molecule has 0 aromatic carbocycles. The maximum Gasteiger partial charge on any atom is 0.272 e. The van der Waals surface area contributed by atoms with E-state index in [0.717, 1.165) is 5.69 Å². The molecule has 7 nitrogen and oxygen atoms in total. The van der Waals surface area contributed by atoms with E-state index in [4.69, 9.17) is 9.47 Å². The molecule has 7 heteroatoms. The van der Waals surface area contributed by atoms with Crippen LogP contribution < -0.4 is 0 Å². The van der Waals surface area contributed by atoms with E-state index in [1.807, 2.05) is 23.1 Å². The second kappa shape index (κ2) is 6.85. The maximum absolute atomic E-state index is 12.7. The highest BCUT2D eigenvalue weighted by Gasteiger charge is 2.52. The van der Waals surface area contributed by atoms with E-state index < -0.39 is 0 Å². The number of hydrogen-bond donors (Lipinski definition) is 0. The normalized spacial score (nSPS) is 25.1. The Morgan fingerprint density at radius 3 is 3.08 bits per heavy atom. The quantitative estimate of drug-likeness (QED) is 0.813. The van der Waals surface area contributed by atoms with Crippen LogP contribution in [0.4, 0.5) is 0 Å². The van der Waals surface area contributed by atoms with Gasteiger partial charge in [-0.15, -0.1) is 0 Å². The molecule has 0 saturated carbocycles. The number of pyridine rings is 1. The molecule has 130 valence electrons. The fourth-order valence-corrected chi connectivity index (χ4v) is 3.61. The molecular weight excluding hydrogens is 320 g/mol. The number of amides is 1. The minimum absolute atomic E-state index is 0.0547. The SMILES string of the molecule is O=C(c1ccncn1)N1C[C@@H]2COC[C@]2(COCc2ccccn2)C1. The molecule has 2 atom stereocenters. The zero-order valence-electron chi connectivity index (χ0n) is 13.9. The Hall–Kier alpha value is -2.38. The largest absolute Gasteiger partial charge is 0.380 e. The summed E-state index contributed by atoms with van der Waals surface area (Å²) in [5, 5.41) is 0. The number of rotatable bonds is 5. The van der Waals surface area contributed by atoms with Crippen molar-refractivity contribution in [3.05, 3.63) is 54.4 Å². The first-order chi connectivity index (χ1) is 12.3. The van der Waals surface area contributed by atoms with Gasteiger partial charge in [0.25, 0.3) is 5.91 Å². The fraction of sp³-hybridized carbons (Fsp3) is 0.444. The van der Waals surface area contributed by atoms with Crippen LogP contribution in [0, 0.1) is 11.3 Å². The van der Waals surface area contributed by atoms with Crippen molar-refractivity contribution in [1.82, 2.24) is 19.9 Å². The summed E-state index contributed by atoms with van der Waals surface area (Å²) in [7, 11) is 0. The third-order valence-electron chi connectivity index (χ3n) is 4.98. The van der Waals surface area contributed by atoms with Gasteiger partial charge in [0.1, 0.15) is 12.0 Å². The number of likely N-dealkylation sites (tertiary alicyclic amines) is 1. The van der Waals surface area contributed by atoms with Crippen molar-refractivity contribution in [2.75, 3.05) is 32.9 Å². The van der Waals surface area contributed by atoms with Crippen molar-refractivity contribution >= 4 is 5.91 Å². The van der Waals surface area contributed by atoms with Crippen LogP contribution in [-0.2, 0) is 16.1 Å². The van der Waals surface area contributed by atoms with E-state index in [9.17, 15) is 4.79 Å². The van der Waals surface area contributed by atoms with Gasteiger partial charge in [0.05, 0.1) is 32.1 Å². The van der Waals surface area contributed by atoms with Crippen LogP contribution in [0.15, 0.2) is 43.0 Å². The fourth-order valence-electron chi connectivity index (χ4n) is 3.61. The lowest BCUT2D eigenvalue weighted by molar-refractivity contribution is 0.0174. The van der Waals surface area contributed by atoms with Crippen molar-refractivity contribution in [1.29, 1.82) is 0 Å². The summed E-state index contributed by atoms with van der Waals surface area (Å²) in [6.45, 7) is 3.61. The zero-order chi connectivity index (χ0) is 17.1. The maximum atomic E-state index is 12.7. The highest BCUT2D eigenvalue weighted by Crippen LogP contribution is 2.42. The second-order valence-electron chi connectivity index (χ2n) is 6.67. The smallest absolute Gasteiger partial charge is 0.272 e. The highest BCUT2D eigenvalue weighted by atomic mass is 16.5. The molecule has 2 aromatic rings. The first-order valence-electron chi connectivity index (χ1n) is 8.37. The Balaban J connectivity index is 1.41. The summed E-state index contributed by atoms with van der Waals surface area (Å²) in [4.78, 5) is 26.7. The molecule has 2 aromatic heterocycles. The van der Waals surface area contributed by atoms with Crippen molar-refractivity contribution in [2.24, 2.45) is 11.3 Å². The molecular formula is C18H20N4O3. The molecule has 0 N–H and O–H groups in total. The van der Waals surface area contributed by atoms with E-state index in [1.165, 1.54) is 6.33 Å². The zero-order valence-corrected chi connectivity index (χ0v) is 13.9. The van der Waals surface area contributed by atoms with Crippen LogP contribution in [0.1, 0.15) is 16.2 Å². The average Bonchev–Trinajstić information content (AvgIpc) is 3.20. The van der Waals surface area contributed by atoms with Crippen LogP contribution in [0.5, 0.6) is 0 Å². The molecule has 4 heterocycles.